The number of esters is 2. The van der Waals surface area contributed by atoms with Gasteiger partial charge in [0.2, 0.25) is 0 Å². The summed E-state index contributed by atoms with van der Waals surface area (Å²) in [6.07, 6.45) is 1.43. The fourth-order valence-corrected chi connectivity index (χ4v) is 0.997. The number of rotatable bonds is 7. The first-order valence-electron chi connectivity index (χ1n) is 5.05. The molecule has 0 rings (SSSR count). The van der Waals surface area contributed by atoms with E-state index in [4.69, 9.17) is 9.47 Å². The average Bonchev–Trinajstić information content (AvgIpc) is 2.25. The van der Waals surface area contributed by atoms with Gasteiger partial charge in [-0.25, -0.2) is 0 Å². The molecule has 16 heavy (non-hydrogen) atoms. The van der Waals surface area contributed by atoms with Gasteiger partial charge in [-0.1, -0.05) is 5.16 Å². The maximum absolute atomic E-state index is 11.4. The Labute approximate surface area is 94.5 Å². The summed E-state index contributed by atoms with van der Waals surface area (Å²) < 4.78 is 9.52. The van der Waals surface area contributed by atoms with E-state index in [9.17, 15) is 9.59 Å². The number of oxime groups is 1. The molecule has 0 fully saturated rings. The van der Waals surface area contributed by atoms with Crippen molar-refractivity contribution in [2.24, 2.45) is 11.1 Å². The van der Waals surface area contributed by atoms with E-state index in [0.29, 0.717) is 0 Å². The van der Waals surface area contributed by atoms with Crippen molar-refractivity contribution in [2.45, 2.75) is 20.3 Å². The standard InChI is InChI=1S/C10H17NO5/c1-4-15-9(12)8(6-7-11-14-3)10(13)16-5-2/h7-8H,4-6H2,1-3H3/b11-7-. The molecule has 0 spiro atoms. The normalized spacial score (nSPS) is 10.5. The summed E-state index contributed by atoms with van der Waals surface area (Å²) in [6, 6.07) is 0. The summed E-state index contributed by atoms with van der Waals surface area (Å²) >= 11 is 0. The van der Waals surface area contributed by atoms with Crippen LogP contribution in [0.15, 0.2) is 5.16 Å². The molecule has 0 bridgehead atoms. The minimum absolute atomic E-state index is 0.103. The van der Waals surface area contributed by atoms with Gasteiger partial charge < -0.3 is 14.3 Å². The molecule has 0 saturated heterocycles. The van der Waals surface area contributed by atoms with Gasteiger partial charge in [0.15, 0.2) is 5.92 Å². The largest absolute Gasteiger partial charge is 0.465 e. The Bertz CT molecular complexity index is 234. The molecule has 0 aliphatic heterocycles. The van der Waals surface area contributed by atoms with Crippen LogP contribution in [0.1, 0.15) is 20.3 Å². The highest BCUT2D eigenvalue weighted by Crippen LogP contribution is 2.07. The first kappa shape index (κ1) is 14.4. The molecule has 0 atom stereocenters. The fourth-order valence-electron chi connectivity index (χ4n) is 0.997. The lowest BCUT2D eigenvalue weighted by Crippen LogP contribution is -2.28. The van der Waals surface area contributed by atoms with Crippen molar-refractivity contribution >= 4 is 18.2 Å². The van der Waals surface area contributed by atoms with Crippen molar-refractivity contribution in [3.05, 3.63) is 0 Å². The minimum atomic E-state index is -0.973. The number of carbonyl (C=O) groups excluding carboxylic acids is 2. The van der Waals surface area contributed by atoms with Crippen LogP contribution in [0.2, 0.25) is 0 Å². The average molecular weight is 231 g/mol. The molecule has 0 N–H and O–H groups in total. The molecule has 0 saturated carbocycles. The Morgan fingerprint density at radius 2 is 1.69 bits per heavy atom. The predicted molar refractivity (Wildman–Crippen MR) is 56.9 cm³/mol. The predicted octanol–water partition coefficient (Wildman–Crippen LogP) is 0.751. The van der Waals surface area contributed by atoms with Crippen molar-refractivity contribution in [1.29, 1.82) is 0 Å². The zero-order chi connectivity index (χ0) is 12.4. The Balaban J connectivity index is 4.42. The fraction of sp³-hybridized carbons (Fsp3) is 0.700. The summed E-state index contributed by atoms with van der Waals surface area (Å²) in [5.41, 5.74) is 0. The summed E-state index contributed by atoms with van der Waals surface area (Å²) in [7, 11) is 1.38. The molecule has 0 aromatic rings. The summed E-state index contributed by atoms with van der Waals surface area (Å²) in [5.74, 6) is -2.19. The summed E-state index contributed by atoms with van der Waals surface area (Å²) in [6.45, 7) is 3.78. The maximum atomic E-state index is 11.4. The Morgan fingerprint density at radius 1 is 1.19 bits per heavy atom. The monoisotopic (exact) mass is 231 g/mol. The van der Waals surface area contributed by atoms with Gasteiger partial charge in [-0.05, 0) is 13.8 Å². The number of ether oxygens (including phenoxy) is 2. The molecule has 0 radical (unpaired) electrons. The van der Waals surface area contributed by atoms with Crippen LogP contribution in [-0.2, 0) is 23.9 Å². The van der Waals surface area contributed by atoms with Crippen LogP contribution in [0.4, 0.5) is 0 Å². The SMILES string of the molecule is CCOC(=O)C(C/C=N\OC)C(=O)OCC. The van der Waals surface area contributed by atoms with Gasteiger partial charge in [0.25, 0.3) is 0 Å². The van der Waals surface area contributed by atoms with Crippen molar-refractivity contribution in [3.8, 4) is 0 Å². The number of hydrogen-bond acceptors (Lipinski definition) is 6. The minimum Gasteiger partial charge on any atom is -0.465 e. The van der Waals surface area contributed by atoms with Crippen LogP contribution < -0.4 is 0 Å². The van der Waals surface area contributed by atoms with E-state index in [1.54, 1.807) is 13.8 Å². The van der Waals surface area contributed by atoms with E-state index in [2.05, 4.69) is 9.99 Å². The van der Waals surface area contributed by atoms with Gasteiger partial charge in [0.05, 0.1) is 13.2 Å². The van der Waals surface area contributed by atoms with E-state index in [-0.39, 0.29) is 19.6 Å². The summed E-state index contributed by atoms with van der Waals surface area (Å²) in [5, 5.41) is 3.46. The van der Waals surface area contributed by atoms with Crippen LogP contribution >= 0.6 is 0 Å². The van der Waals surface area contributed by atoms with Gasteiger partial charge in [-0.2, -0.15) is 0 Å². The molecule has 0 aliphatic rings. The second kappa shape index (κ2) is 8.70. The van der Waals surface area contributed by atoms with Crippen molar-refractivity contribution in [1.82, 2.24) is 0 Å². The Hall–Kier alpha value is -1.59. The van der Waals surface area contributed by atoms with Crippen LogP contribution in [0, 0.1) is 5.92 Å². The first-order valence-corrected chi connectivity index (χ1v) is 5.05. The zero-order valence-electron chi connectivity index (χ0n) is 9.76. The van der Waals surface area contributed by atoms with E-state index < -0.39 is 17.9 Å². The van der Waals surface area contributed by atoms with Crippen molar-refractivity contribution in [3.63, 3.8) is 0 Å². The first-order chi connectivity index (χ1) is 7.67. The number of nitrogens with zero attached hydrogens (tertiary/aromatic N) is 1. The summed E-state index contributed by atoms with van der Waals surface area (Å²) in [4.78, 5) is 27.3. The lowest BCUT2D eigenvalue weighted by atomic mass is 10.1. The quantitative estimate of drug-likeness (QED) is 0.280. The Morgan fingerprint density at radius 3 is 2.06 bits per heavy atom. The van der Waals surface area contributed by atoms with Gasteiger partial charge in [0, 0.05) is 12.6 Å². The van der Waals surface area contributed by atoms with Gasteiger partial charge in [-0.15, -0.1) is 0 Å². The molecule has 0 heterocycles. The molecule has 6 heteroatoms. The van der Waals surface area contributed by atoms with Gasteiger partial charge in [0.1, 0.15) is 7.11 Å². The van der Waals surface area contributed by atoms with Crippen LogP contribution in [0.5, 0.6) is 0 Å². The molecular formula is C10H17NO5. The third-order valence-electron chi connectivity index (χ3n) is 1.66. The zero-order valence-corrected chi connectivity index (χ0v) is 9.76. The second-order valence-corrected chi connectivity index (χ2v) is 2.76. The molecule has 0 aliphatic carbocycles. The topological polar surface area (TPSA) is 74.2 Å². The molecule has 0 aromatic carbocycles. The van der Waals surface area contributed by atoms with E-state index >= 15 is 0 Å². The Kier molecular flexibility index (Phi) is 7.83. The molecular weight excluding hydrogens is 214 g/mol. The van der Waals surface area contributed by atoms with Gasteiger partial charge >= 0.3 is 11.9 Å². The van der Waals surface area contributed by atoms with Crippen LogP contribution in [0.3, 0.4) is 0 Å². The molecule has 0 aromatic heterocycles. The third-order valence-corrected chi connectivity index (χ3v) is 1.66. The molecule has 6 nitrogen and oxygen atoms in total. The van der Waals surface area contributed by atoms with Crippen molar-refractivity contribution < 1.29 is 23.9 Å². The molecule has 92 valence electrons. The van der Waals surface area contributed by atoms with E-state index in [1.807, 2.05) is 0 Å². The lowest BCUT2D eigenvalue weighted by molar-refractivity contribution is -0.161. The van der Waals surface area contributed by atoms with E-state index in [0.717, 1.165) is 0 Å². The second-order valence-electron chi connectivity index (χ2n) is 2.76. The maximum Gasteiger partial charge on any atom is 0.320 e. The molecule has 0 unspecified atom stereocenters. The van der Waals surface area contributed by atoms with Crippen LogP contribution in [-0.4, -0.2) is 38.5 Å². The number of hydrogen-bond donors (Lipinski definition) is 0. The highest BCUT2D eigenvalue weighted by molar-refractivity contribution is 5.97. The van der Waals surface area contributed by atoms with Crippen molar-refractivity contribution in [2.75, 3.05) is 20.3 Å². The lowest BCUT2D eigenvalue weighted by Gasteiger charge is -2.11. The highest BCUT2D eigenvalue weighted by Gasteiger charge is 2.28. The number of carbonyl (C=O) groups is 2. The van der Waals surface area contributed by atoms with E-state index in [1.165, 1.54) is 13.3 Å². The molecule has 0 amide bonds. The smallest absolute Gasteiger partial charge is 0.320 e. The highest BCUT2D eigenvalue weighted by atomic mass is 16.6. The third kappa shape index (κ3) is 5.33. The van der Waals surface area contributed by atoms with Gasteiger partial charge in [-0.3, -0.25) is 9.59 Å². The van der Waals surface area contributed by atoms with Crippen LogP contribution in [0.25, 0.3) is 0 Å².